The van der Waals surface area contributed by atoms with Crippen molar-refractivity contribution in [1.82, 2.24) is 0 Å². The summed E-state index contributed by atoms with van der Waals surface area (Å²) in [7, 11) is 4.17. The minimum atomic E-state index is -0.884. The van der Waals surface area contributed by atoms with Crippen LogP contribution >= 0.6 is 0 Å². The van der Waals surface area contributed by atoms with Gasteiger partial charge in [0.2, 0.25) is 0 Å². The van der Waals surface area contributed by atoms with E-state index in [1.807, 2.05) is 0 Å². The Kier molecular flexibility index (Phi) is 5.84. The molecule has 0 aromatic rings. The molecule has 0 spiro atoms. The Morgan fingerprint density at radius 3 is 2.07 bits per heavy atom. The zero-order valence-corrected chi connectivity index (χ0v) is 8.81. The summed E-state index contributed by atoms with van der Waals surface area (Å²) in [5.74, 6) is -0.929. The minimum Gasteiger partial charge on any atom is -0.463 e. The second-order valence-corrected chi connectivity index (χ2v) is 2.80. The Bertz CT molecular complexity index is 219. The van der Waals surface area contributed by atoms with Gasteiger partial charge in [0.05, 0.1) is 13.0 Å². The fourth-order valence-electron chi connectivity index (χ4n) is 1.18. The molecule has 2 unspecified atom stereocenters. The van der Waals surface area contributed by atoms with Gasteiger partial charge in [-0.25, -0.2) is 11.4 Å². The molecule has 0 fully saturated rings. The highest BCUT2D eigenvalue weighted by atomic mass is 16.7. The van der Waals surface area contributed by atoms with Gasteiger partial charge in [0.25, 0.3) is 0 Å². The highest BCUT2D eigenvalue weighted by Gasteiger charge is 2.37. The zero-order chi connectivity index (χ0) is 11.1. The van der Waals surface area contributed by atoms with Crippen molar-refractivity contribution in [3.8, 4) is 0 Å². The van der Waals surface area contributed by atoms with Gasteiger partial charge in [0, 0.05) is 14.2 Å². The average molecular weight is 201 g/mol. The molecular weight excluding hydrogens is 186 g/mol. The SMILES string of the molecule is [C-]#[N+]C(C(=O)OC)C(C)C(OC)OC. The van der Waals surface area contributed by atoms with Crippen molar-refractivity contribution in [1.29, 1.82) is 0 Å². The maximum atomic E-state index is 11.2. The molecule has 0 radical (unpaired) electrons. The van der Waals surface area contributed by atoms with Gasteiger partial charge in [0.1, 0.15) is 0 Å². The quantitative estimate of drug-likeness (QED) is 0.373. The van der Waals surface area contributed by atoms with Gasteiger partial charge in [-0.3, -0.25) is 0 Å². The van der Waals surface area contributed by atoms with Crippen LogP contribution in [0.25, 0.3) is 4.85 Å². The van der Waals surface area contributed by atoms with E-state index >= 15 is 0 Å². The van der Waals surface area contributed by atoms with Crippen molar-refractivity contribution < 1.29 is 19.0 Å². The molecule has 0 aromatic heterocycles. The number of esters is 1. The molecule has 0 aliphatic rings. The summed E-state index contributed by atoms with van der Waals surface area (Å²) in [5, 5.41) is 0. The molecule has 14 heavy (non-hydrogen) atoms. The van der Waals surface area contributed by atoms with Crippen molar-refractivity contribution in [3.05, 3.63) is 11.4 Å². The van der Waals surface area contributed by atoms with Crippen molar-refractivity contribution in [2.75, 3.05) is 21.3 Å². The number of carbonyl (C=O) groups excluding carboxylic acids is 1. The van der Waals surface area contributed by atoms with Gasteiger partial charge in [-0.05, 0) is 6.92 Å². The van der Waals surface area contributed by atoms with Crippen LogP contribution in [0, 0.1) is 12.5 Å². The highest BCUT2D eigenvalue weighted by Crippen LogP contribution is 2.16. The fraction of sp³-hybridized carbons (Fsp3) is 0.778. The molecule has 0 saturated heterocycles. The molecule has 80 valence electrons. The summed E-state index contributed by atoms with van der Waals surface area (Å²) in [6.45, 7) is 8.59. The van der Waals surface area contributed by atoms with E-state index < -0.39 is 18.3 Å². The van der Waals surface area contributed by atoms with Gasteiger partial charge in [-0.15, -0.1) is 0 Å². The molecule has 0 amide bonds. The van der Waals surface area contributed by atoms with Crippen LogP contribution < -0.4 is 0 Å². The normalized spacial score (nSPS) is 14.6. The first-order valence-corrected chi connectivity index (χ1v) is 4.12. The summed E-state index contributed by atoms with van der Waals surface area (Å²) >= 11 is 0. The van der Waals surface area contributed by atoms with E-state index in [0.29, 0.717) is 0 Å². The summed E-state index contributed by atoms with van der Waals surface area (Å²) in [4.78, 5) is 14.4. The van der Waals surface area contributed by atoms with E-state index in [4.69, 9.17) is 16.0 Å². The van der Waals surface area contributed by atoms with Crippen molar-refractivity contribution in [2.45, 2.75) is 19.3 Å². The standard InChI is InChI=1S/C9H15NO4/c1-6(9(13-4)14-5)7(10-2)8(11)12-3/h6-7,9H,1,3-5H3. The first-order chi connectivity index (χ1) is 6.62. The number of hydrogen-bond acceptors (Lipinski definition) is 4. The molecule has 0 rings (SSSR count). The fourth-order valence-corrected chi connectivity index (χ4v) is 1.18. The topological polar surface area (TPSA) is 49.1 Å². The number of nitrogens with zero attached hydrogens (tertiary/aromatic N) is 1. The van der Waals surface area contributed by atoms with Crippen LogP contribution in [0.2, 0.25) is 0 Å². The van der Waals surface area contributed by atoms with Crippen LogP contribution in [0.1, 0.15) is 6.92 Å². The third kappa shape index (κ3) is 2.98. The van der Waals surface area contributed by atoms with Crippen LogP contribution in [0.15, 0.2) is 0 Å². The summed E-state index contributed by atoms with van der Waals surface area (Å²) < 4.78 is 14.4. The lowest BCUT2D eigenvalue weighted by molar-refractivity contribution is -0.156. The zero-order valence-electron chi connectivity index (χ0n) is 8.81. The lowest BCUT2D eigenvalue weighted by Crippen LogP contribution is -2.36. The lowest BCUT2D eigenvalue weighted by Gasteiger charge is -2.20. The number of methoxy groups -OCH3 is 3. The predicted molar refractivity (Wildman–Crippen MR) is 49.4 cm³/mol. The highest BCUT2D eigenvalue weighted by molar-refractivity contribution is 5.77. The molecule has 0 N–H and O–H groups in total. The third-order valence-corrected chi connectivity index (χ3v) is 1.97. The Balaban J connectivity index is 4.53. The van der Waals surface area contributed by atoms with Gasteiger partial charge < -0.3 is 19.1 Å². The maximum Gasteiger partial charge on any atom is 0.390 e. The van der Waals surface area contributed by atoms with Crippen molar-refractivity contribution in [2.24, 2.45) is 5.92 Å². The summed E-state index contributed by atoms with van der Waals surface area (Å²) in [6, 6.07) is -0.884. The second-order valence-electron chi connectivity index (χ2n) is 2.80. The molecule has 0 aromatic carbocycles. The predicted octanol–water partition coefficient (Wildman–Crippen LogP) is 0.702. The summed E-state index contributed by atoms with van der Waals surface area (Å²) in [5.41, 5.74) is 0. The van der Waals surface area contributed by atoms with Crippen LogP contribution in [-0.2, 0) is 19.0 Å². The molecule has 0 bridgehead atoms. The Morgan fingerprint density at radius 1 is 1.29 bits per heavy atom. The Morgan fingerprint density at radius 2 is 1.79 bits per heavy atom. The average Bonchev–Trinajstić information content (AvgIpc) is 2.20. The number of ether oxygens (including phenoxy) is 3. The van der Waals surface area contributed by atoms with Crippen LogP contribution in [0.4, 0.5) is 0 Å². The van der Waals surface area contributed by atoms with E-state index in [1.54, 1.807) is 6.92 Å². The van der Waals surface area contributed by atoms with Crippen LogP contribution in [-0.4, -0.2) is 39.6 Å². The maximum absolute atomic E-state index is 11.2. The van der Waals surface area contributed by atoms with Crippen molar-refractivity contribution >= 4 is 5.97 Å². The van der Waals surface area contributed by atoms with Crippen molar-refractivity contribution in [3.63, 3.8) is 0 Å². The lowest BCUT2D eigenvalue weighted by atomic mass is 10.0. The van der Waals surface area contributed by atoms with Gasteiger partial charge >= 0.3 is 12.0 Å². The first kappa shape index (κ1) is 12.9. The van der Waals surface area contributed by atoms with Gasteiger partial charge in [-0.1, -0.05) is 0 Å². The monoisotopic (exact) mass is 201 g/mol. The molecule has 5 heteroatoms. The number of carbonyl (C=O) groups is 1. The molecule has 0 aliphatic heterocycles. The third-order valence-electron chi connectivity index (χ3n) is 1.97. The molecular formula is C9H15NO4. The van der Waals surface area contributed by atoms with E-state index in [-0.39, 0.29) is 5.92 Å². The molecule has 0 aliphatic carbocycles. The summed E-state index contributed by atoms with van der Waals surface area (Å²) in [6.07, 6.45) is -0.576. The molecule has 5 nitrogen and oxygen atoms in total. The smallest absolute Gasteiger partial charge is 0.390 e. The van der Waals surface area contributed by atoms with Crippen LogP contribution in [0.3, 0.4) is 0 Å². The van der Waals surface area contributed by atoms with E-state index in [1.165, 1.54) is 21.3 Å². The largest absolute Gasteiger partial charge is 0.463 e. The van der Waals surface area contributed by atoms with Crippen LogP contribution in [0.5, 0.6) is 0 Å². The van der Waals surface area contributed by atoms with Gasteiger partial charge in [0.15, 0.2) is 6.29 Å². The van der Waals surface area contributed by atoms with E-state index in [0.717, 1.165) is 0 Å². The number of hydrogen-bond donors (Lipinski definition) is 0. The van der Waals surface area contributed by atoms with E-state index in [2.05, 4.69) is 9.58 Å². The molecule has 2 atom stereocenters. The second kappa shape index (κ2) is 6.35. The Hall–Kier alpha value is -1.12. The Labute approximate surface area is 83.8 Å². The number of rotatable bonds is 5. The molecule has 0 heterocycles. The first-order valence-electron chi connectivity index (χ1n) is 4.12. The van der Waals surface area contributed by atoms with Gasteiger partial charge in [-0.2, -0.15) is 0 Å². The van der Waals surface area contributed by atoms with E-state index in [9.17, 15) is 4.79 Å². The minimum absolute atomic E-state index is 0.366. The molecule has 0 saturated carbocycles.